The number of hydrogen-bond donors (Lipinski definition) is 1. The molecule has 222 valence electrons. The van der Waals surface area contributed by atoms with Gasteiger partial charge in [-0.3, -0.25) is 9.59 Å². The maximum atomic E-state index is 11.2. The molecule has 2 rings (SSSR count). The minimum atomic E-state index is -0.112. The van der Waals surface area contributed by atoms with Gasteiger partial charge in [-0.1, -0.05) is 66.2 Å². The molecule has 6 nitrogen and oxygen atoms in total. The fourth-order valence-corrected chi connectivity index (χ4v) is 7.24. The lowest BCUT2D eigenvalue weighted by Crippen LogP contribution is -2.19. The first-order chi connectivity index (χ1) is 18.2. The maximum absolute atomic E-state index is 11.2. The molecule has 0 unspecified atom stereocenters. The monoisotopic (exact) mass is 538 g/mol. The Balaban J connectivity index is 0.000000380. The summed E-state index contributed by atoms with van der Waals surface area (Å²) < 4.78 is 9.24. The minimum Gasteiger partial charge on any atom is -0.469 e. The van der Waals surface area contributed by atoms with Crippen molar-refractivity contribution in [3.63, 3.8) is 0 Å². The predicted molar refractivity (Wildman–Crippen MR) is 152 cm³/mol. The lowest BCUT2D eigenvalue weighted by molar-refractivity contribution is -0.141. The van der Waals surface area contributed by atoms with E-state index in [0.29, 0.717) is 55.0 Å². The number of carbonyl (C=O) groups excluding carboxylic acids is 3. The van der Waals surface area contributed by atoms with Crippen molar-refractivity contribution in [3.8, 4) is 0 Å². The standard InChI is InChI=1S/C16H30O3.C16H28O3/c2*1-12-10-13(2)15(11-17)14(12)8-6-4-5-7-9-16(18)19-3/h12-15,17H,4-11H2,1-3H3;11-15H,4-10H2,1-3H3/t2*12-,13+,14-,15-/m00/s1. The Hall–Kier alpha value is -1.43. The fourth-order valence-electron chi connectivity index (χ4n) is 7.24. The summed E-state index contributed by atoms with van der Waals surface area (Å²) in [6, 6.07) is 0. The zero-order valence-electron chi connectivity index (χ0n) is 25.3. The summed E-state index contributed by atoms with van der Waals surface area (Å²) in [6.07, 6.45) is 15.9. The fraction of sp³-hybridized carbons (Fsp3) is 0.906. The quantitative estimate of drug-likeness (QED) is 0.129. The largest absolute Gasteiger partial charge is 0.469 e. The van der Waals surface area contributed by atoms with E-state index in [9.17, 15) is 19.5 Å². The van der Waals surface area contributed by atoms with Crippen LogP contribution in [0.3, 0.4) is 0 Å². The van der Waals surface area contributed by atoms with Crippen LogP contribution in [0.25, 0.3) is 0 Å². The van der Waals surface area contributed by atoms with Crippen molar-refractivity contribution in [3.05, 3.63) is 0 Å². The van der Waals surface area contributed by atoms with Gasteiger partial charge in [-0.2, -0.15) is 0 Å². The molecule has 0 spiro atoms. The molecule has 2 saturated carbocycles. The first-order valence-corrected chi connectivity index (χ1v) is 15.4. The molecule has 0 radical (unpaired) electrons. The number of aldehydes is 1. The molecule has 0 saturated heterocycles. The Morgan fingerprint density at radius 2 is 1.08 bits per heavy atom. The number of aliphatic hydroxyl groups is 1. The number of hydrogen-bond acceptors (Lipinski definition) is 6. The third-order valence-electron chi connectivity index (χ3n) is 9.54. The zero-order valence-corrected chi connectivity index (χ0v) is 25.3. The number of esters is 2. The number of aliphatic hydroxyl groups excluding tert-OH is 1. The summed E-state index contributed by atoms with van der Waals surface area (Å²) in [5.74, 6) is 4.49. The van der Waals surface area contributed by atoms with Crippen LogP contribution in [0.2, 0.25) is 0 Å². The second kappa shape index (κ2) is 19.6. The highest BCUT2D eigenvalue weighted by atomic mass is 16.5. The van der Waals surface area contributed by atoms with Crippen LogP contribution in [0.1, 0.15) is 118 Å². The van der Waals surface area contributed by atoms with Crippen LogP contribution in [0, 0.1) is 47.3 Å². The molecular weight excluding hydrogens is 480 g/mol. The molecule has 8 atom stereocenters. The van der Waals surface area contributed by atoms with Gasteiger partial charge in [-0.15, -0.1) is 0 Å². The van der Waals surface area contributed by atoms with E-state index >= 15 is 0 Å². The maximum Gasteiger partial charge on any atom is 0.305 e. The van der Waals surface area contributed by atoms with E-state index in [2.05, 4.69) is 37.2 Å². The van der Waals surface area contributed by atoms with E-state index in [1.165, 1.54) is 59.0 Å². The third kappa shape index (κ3) is 12.2. The average molecular weight is 539 g/mol. The molecule has 0 aliphatic heterocycles. The van der Waals surface area contributed by atoms with E-state index in [0.717, 1.165) is 44.4 Å². The van der Waals surface area contributed by atoms with Gasteiger partial charge < -0.3 is 19.4 Å². The van der Waals surface area contributed by atoms with Crippen LogP contribution in [0.15, 0.2) is 0 Å². The Kier molecular flexibility index (Phi) is 17.8. The van der Waals surface area contributed by atoms with Gasteiger partial charge in [0.05, 0.1) is 14.2 Å². The highest BCUT2D eigenvalue weighted by Crippen LogP contribution is 2.44. The van der Waals surface area contributed by atoms with Gasteiger partial charge in [0.1, 0.15) is 6.29 Å². The molecule has 1 N–H and O–H groups in total. The summed E-state index contributed by atoms with van der Waals surface area (Å²) in [4.78, 5) is 33.1. The molecule has 0 aromatic heterocycles. The van der Waals surface area contributed by atoms with Crippen molar-refractivity contribution in [1.82, 2.24) is 0 Å². The molecule has 2 aliphatic rings. The summed E-state index contributed by atoms with van der Waals surface area (Å²) in [5.41, 5.74) is 0. The van der Waals surface area contributed by atoms with E-state index in [4.69, 9.17) is 0 Å². The van der Waals surface area contributed by atoms with Crippen LogP contribution in [0.4, 0.5) is 0 Å². The molecule has 0 bridgehead atoms. The SMILES string of the molecule is COC(=O)CCCCCC[C@@H]1[C@@H](C=O)[C@H](C)C[C@@H]1C.COC(=O)CCCCCC[C@@H]1[C@@H](CO)[C@H](C)C[C@@H]1C. The van der Waals surface area contributed by atoms with Gasteiger partial charge >= 0.3 is 11.9 Å². The molecule has 0 aromatic rings. The topological polar surface area (TPSA) is 89.9 Å². The number of unbranched alkanes of at least 4 members (excludes halogenated alkanes) is 6. The van der Waals surface area contributed by atoms with Crippen LogP contribution in [-0.4, -0.2) is 44.2 Å². The lowest BCUT2D eigenvalue weighted by Gasteiger charge is -2.22. The first-order valence-electron chi connectivity index (χ1n) is 15.4. The van der Waals surface area contributed by atoms with Crippen LogP contribution >= 0.6 is 0 Å². The second-order valence-electron chi connectivity index (χ2n) is 12.3. The molecule has 6 heteroatoms. The number of carbonyl (C=O) groups is 3. The van der Waals surface area contributed by atoms with Gasteiger partial charge in [0.2, 0.25) is 0 Å². The van der Waals surface area contributed by atoms with E-state index in [-0.39, 0.29) is 17.9 Å². The average Bonchev–Trinajstić information content (AvgIpc) is 3.34. The Bertz CT molecular complexity index is 664. The van der Waals surface area contributed by atoms with Crippen LogP contribution in [0.5, 0.6) is 0 Å². The van der Waals surface area contributed by atoms with E-state index in [1.54, 1.807) is 0 Å². The second-order valence-corrected chi connectivity index (χ2v) is 12.3. The van der Waals surface area contributed by atoms with Crippen LogP contribution in [-0.2, 0) is 23.9 Å². The third-order valence-corrected chi connectivity index (χ3v) is 9.54. The zero-order chi connectivity index (χ0) is 28.5. The molecule has 0 amide bonds. The molecule has 38 heavy (non-hydrogen) atoms. The number of ether oxygens (including phenoxy) is 2. The van der Waals surface area contributed by atoms with Crippen molar-refractivity contribution >= 4 is 18.2 Å². The summed E-state index contributed by atoms with van der Waals surface area (Å²) >= 11 is 0. The van der Waals surface area contributed by atoms with Crippen molar-refractivity contribution in [2.75, 3.05) is 20.8 Å². The molecular formula is C32H58O6. The van der Waals surface area contributed by atoms with Crippen molar-refractivity contribution in [2.24, 2.45) is 47.3 Å². The first kappa shape index (κ1) is 34.6. The highest BCUT2D eigenvalue weighted by molar-refractivity contribution is 5.69. The van der Waals surface area contributed by atoms with Crippen molar-refractivity contribution in [1.29, 1.82) is 0 Å². The van der Waals surface area contributed by atoms with E-state index in [1.807, 2.05) is 0 Å². The summed E-state index contributed by atoms with van der Waals surface area (Å²) in [6.45, 7) is 9.42. The molecule has 2 fully saturated rings. The van der Waals surface area contributed by atoms with Gasteiger partial charge in [-0.25, -0.2) is 0 Å². The number of methoxy groups -OCH3 is 2. The Morgan fingerprint density at radius 1 is 0.658 bits per heavy atom. The van der Waals surface area contributed by atoms with Gasteiger partial charge in [0.15, 0.2) is 0 Å². The van der Waals surface area contributed by atoms with E-state index < -0.39 is 0 Å². The Labute approximate surface area is 233 Å². The number of rotatable bonds is 16. The predicted octanol–water partition coefficient (Wildman–Crippen LogP) is 7.01. The summed E-state index contributed by atoms with van der Waals surface area (Å²) in [5, 5.41) is 9.50. The minimum absolute atomic E-state index is 0.0985. The molecule has 0 aromatic carbocycles. The summed E-state index contributed by atoms with van der Waals surface area (Å²) in [7, 11) is 2.88. The molecule has 2 aliphatic carbocycles. The van der Waals surface area contributed by atoms with Crippen molar-refractivity contribution < 1.29 is 29.0 Å². The Morgan fingerprint density at radius 3 is 1.55 bits per heavy atom. The van der Waals surface area contributed by atoms with Crippen molar-refractivity contribution in [2.45, 2.75) is 118 Å². The van der Waals surface area contributed by atoms with Gasteiger partial charge in [0.25, 0.3) is 0 Å². The highest BCUT2D eigenvalue weighted by Gasteiger charge is 2.38. The molecule has 0 heterocycles. The van der Waals surface area contributed by atoms with Gasteiger partial charge in [-0.05, 0) is 80.0 Å². The normalized spacial score (nSPS) is 30.4. The lowest BCUT2D eigenvalue weighted by atomic mass is 9.84. The van der Waals surface area contributed by atoms with Gasteiger partial charge in [0, 0.05) is 25.4 Å². The van der Waals surface area contributed by atoms with Crippen LogP contribution < -0.4 is 0 Å². The smallest absolute Gasteiger partial charge is 0.305 e.